The lowest BCUT2D eigenvalue weighted by Crippen LogP contribution is -2.59. The Bertz CT molecular complexity index is 624. The molecule has 104 valence electrons. The molecule has 20 heavy (non-hydrogen) atoms. The highest BCUT2D eigenvalue weighted by atomic mass is 16.2. The summed E-state index contributed by atoms with van der Waals surface area (Å²) in [6.45, 7) is 4.58. The number of fused-ring (bicyclic) bond motifs is 1. The third-order valence-electron chi connectivity index (χ3n) is 3.59. The summed E-state index contributed by atoms with van der Waals surface area (Å²) in [7, 11) is 0. The molecule has 3 rings (SSSR count). The van der Waals surface area contributed by atoms with Gasteiger partial charge in [-0.2, -0.15) is 0 Å². The van der Waals surface area contributed by atoms with Crippen molar-refractivity contribution in [3.63, 3.8) is 0 Å². The van der Waals surface area contributed by atoms with Crippen LogP contribution >= 0.6 is 0 Å². The quantitative estimate of drug-likeness (QED) is 0.913. The van der Waals surface area contributed by atoms with Gasteiger partial charge in [0.05, 0.1) is 23.3 Å². The summed E-state index contributed by atoms with van der Waals surface area (Å²) in [5, 5.41) is 3.21. The summed E-state index contributed by atoms with van der Waals surface area (Å²) in [6, 6.07) is 7.90. The smallest absolute Gasteiger partial charge is 0.274 e. The molecule has 5 heteroatoms. The van der Waals surface area contributed by atoms with Crippen LogP contribution in [0.4, 0.5) is 0 Å². The van der Waals surface area contributed by atoms with E-state index in [4.69, 9.17) is 0 Å². The van der Waals surface area contributed by atoms with E-state index in [1.54, 1.807) is 6.20 Å². The Morgan fingerprint density at radius 2 is 2.10 bits per heavy atom. The van der Waals surface area contributed by atoms with Crippen molar-refractivity contribution >= 4 is 16.9 Å². The van der Waals surface area contributed by atoms with Gasteiger partial charge in [-0.25, -0.2) is 4.98 Å². The van der Waals surface area contributed by atoms with E-state index in [9.17, 15) is 4.79 Å². The second-order valence-corrected chi connectivity index (χ2v) is 5.05. The van der Waals surface area contributed by atoms with Crippen LogP contribution in [-0.4, -0.2) is 46.5 Å². The molecule has 5 nitrogen and oxygen atoms in total. The van der Waals surface area contributed by atoms with Gasteiger partial charge in [-0.3, -0.25) is 9.78 Å². The Hall–Kier alpha value is -2.01. The molecule has 0 spiro atoms. The maximum absolute atomic E-state index is 12.6. The summed E-state index contributed by atoms with van der Waals surface area (Å²) < 4.78 is 0. The molecule has 0 aliphatic carbocycles. The molecule has 0 atom stereocenters. The number of benzene rings is 1. The molecule has 2 heterocycles. The van der Waals surface area contributed by atoms with Crippen molar-refractivity contribution in [1.29, 1.82) is 0 Å². The number of carbonyl (C=O) groups is 1. The van der Waals surface area contributed by atoms with Crippen LogP contribution < -0.4 is 5.32 Å². The molecule has 1 N–H and O–H groups in total. The van der Waals surface area contributed by atoms with Gasteiger partial charge in [-0.15, -0.1) is 0 Å². The summed E-state index contributed by atoms with van der Waals surface area (Å²) in [5.74, 6) is -0.0170. The number of rotatable bonds is 4. The normalized spacial score (nSPS) is 15.1. The maximum Gasteiger partial charge on any atom is 0.274 e. The Morgan fingerprint density at radius 3 is 2.75 bits per heavy atom. The molecular weight excluding hydrogens is 252 g/mol. The third kappa shape index (κ3) is 2.36. The molecule has 1 amide bonds. The monoisotopic (exact) mass is 270 g/mol. The fourth-order valence-corrected chi connectivity index (χ4v) is 2.39. The largest absolute Gasteiger partial charge is 0.332 e. The van der Waals surface area contributed by atoms with Crippen molar-refractivity contribution in [3.8, 4) is 0 Å². The lowest BCUT2D eigenvalue weighted by atomic mass is 10.1. The average molecular weight is 270 g/mol. The summed E-state index contributed by atoms with van der Waals surface area (Å²) in [5.41, 5.74) is 2.02. The van der Waals surface area contributed by atoms with Crippen molar-refractivity contribution in [3.05, 3.63) is 36.2 Å². The maximum atomic E-state index is 12.6. The number of hydrogen-bond acceptors (Lipinski definition) is 4. The van der Waals surface area contributed by atoms with E-state index < -0.39 is 0 Å². The number of aromatic nitrogens is 2. The topological polar surface area (TPSA) is 58.1 Å². The molecule has 1 aliphatic rings. The number of hydrogen-bond donors (Lipinski definition) is 1. The van der Waals surface area contributed by atoms with Gasteiger partial charge < -0.3 is 10.2 Å². The first-order chi connectivity index (χ1) is 9.79. The second kappa shape index (κ2) is 5.54. The molecule has 0 unspecified atom stereocenters. The zero-order valence-corrected chi connectivity index (χ0v) is 11.5. The zero-order valence-electron chi connectivity index (χ0n) is 11.5. The Balaban J connectivity index is 1.89. The van der Waals surface area contributed by atoms with E-state index in [-0.39, 0.29) is 11.9 Å². The molecule has 1 saturated heterocycles. The number of nitrogens with one attached hydrogen (secondary N) is 1. The average Bonchev–Trinajstić information content (AvgIpc) is 2.43. The van der Waals surface area contributed by atoms with Gasteiger partial charge in [0.15, 0.2) is 0 Å². The van der Waals surface area contributed by atoms with Crippen LogP contribution in [0.1, 0.15) is 23.8 Å². The number of nitrogens with zero attached hydrogens (tertiary/aromatic N) is 3. The number of amides is 1. The van der Waals surface area contributed by atoms with Crippen LogP contribution in [0.2, 0.25) is 0 Å². The third-order valence-corrected chi connectivity index (χ3v) is 3.59. The first-order valence-corrected chi connectivity index (χ1v) is 7.03. The molecule has 2 aromatic rings. The van der Waals surface area contributed by atoms with Gasteiger partial charge in [-0.05, 0) is 18.6 Å². The highest BCUT2D eigenvalue weighted by molar-refractivity contribution is 5.94. The molecular formula is C15H18N4O. The lowest BCUT2D eigenvalue weighted by Gasteiger charge is -2.38. The molecule has 1 fully saturated rings. The molecule has 1 aliphatic heterocycles. The Morgan fingerprint density at radius 1 is 1.35 bits per heavy atom. The van der Waals surface area contributed by atoms with E-state index in [1.165, 1.54) is 0 Å². The highest BCUT2D eigenvalue weighted by Crippen LogP contribution is 2.13. The SMILES string of the molecule is CCCN(C(=O)c1cnc2ccccc2n1)C1CNC1. The van der Waals surface area contributed by atoms with E-state index in [1.807, 2.05) is 29.2 Å². The van der Waals surface area contributed by atoms with Gasteiger partial charge in [0.25, 0.3) is 5.91 Å². The fraction of sp³-hybridized carbons (Fsp3) is 0.400. The van der Waals surface area contributed by atoms with E-state index in [0.717, 1.165) is 37.1 Å². The van der Waals surface area contributed by atoms with Crippen LogP contribution in [0.3, 0.4) is 0 Å². The van der Waals surface area contributed by atoms with Crippen LogP contribution in [0.5, 0.6) is 0 Å². The van der Waals surface area contributed by atoms with E-state index in [0.29, 0.717) is 5.69 Å². The highest BCUT2D eigenvalue weighted by Gasteiger charge is 2.29. The Labute approximate surface area is 118 Å². The molecule has 0 saturated carbocycles. The van der Waals surface area contributed by atoms with Gasteiger partial charge >= 0.3 is 0 Å². The van der Waals surface area contributed by atoms with Gasteiger partial charge in [0.1, 0.15) is 5.69 Å². The predicted molar refractivity (Wildman–Crippen MR) is 77.5 cm³/mol. The van der Waals surface area contributed by atoms with Gasteiger partial charge in [-0.1, -0.05) is 19.1 Å². The summed E-state index contributed by atoms with van der Waals surface area (Å²) >= 11 is 0. The van der Waals surface area contributed by atoms with Crippen LogP contribution in [0.25, 0.3) is 11.0 Å². The molecule has 0 radical (unpaired) electrons. The minimum Gasteiger partial charge on any atom is -0.332 e. The minimum absolute atomic E-state index is 0.0170. The van der Waals surface area contributed by atoms with Crippen molar-refractivity contribution in [2.24, 2.45) is 0 Å². The lowest BCUT2D eigenvalue weighted by molar-refractivity contribution is 0.0609. The number of para-hydroxylation sites is 2. The van der Waals surface area contributed by atoms with Crippen molar-refractivity contribution < 1.29 is 4.79 Å². The number of carbonyl (C=O) groups excluding carboxylic acids is 1. The van der Waals surface area contributed by atoms with Crippen molar-refractivity contribution in [1.82, 2.24) is 20.2 Å². The molecule has 1 aromatic heterocycles. The fourth-order valence-electron chi connectivity index (χ4n) is 2.39. The Kier molecular flexibility index (Phi) is 3.60. The van der Waals surface area contributed by atoms with Crippen molar-refractivity contribution in [2.75, 3.05) is 19.6 Å². The van der Waals surface area contributed by atoms with Crippen LogP contribution in [0, 0.1) is 0 Å². The summed E-state index contributed by atoms with van der Waals surface area (Å²) in [6.07, 6.45) is 2.53. The van der Waals surface area contributed by atoms with E-state index >= 15 is 0 Å². The van der Waals surface area contributed by atoms with Gasteiger partial charge in [0.2, 0.25) is 0 Å². The first kappa shape index (κ1) is 13.0. The van der Waals surface area contributed by atoms with E-state index in [2.05, 4.69) is 22.2 Å². The predicted octanol–water partition coefficient (Wildman–Crippen LogP) is 1.45. The molecule has 1 aromatic carbocycles. The molecule has 0 bridgehead atoms. The second-order valence-electron chi connectivity index (χ2n) is 5.05. The summed E-state index contributed by atoms with van der Waals surface area (Å²) in [4.78, 5) is 23.3. The first-order valence-electron chi connectivity index (χ1n) is 7.03. The van der Waals surface area contributed by atoms with Crippen LogP contribution in [-0.2, 0) is 0 Å². The standard InChI is InChI=1S/C15H18N4O/c1-2-7-19(11-8-16-9-11)15(20)14-10-17-12-5-3-4-6-13(12)18-14/h3-6,10-11,16H,2,7-9H2,1H3. The zero-order chi connectivity index (χ0) is 13.9. The minimum atomic E-state index is -0.0170. The van der Waals surface area contributed by atoms with Crippen molar-refractivity contribution in [2.45, 2.75) is 19.4 Å². The van der Waals surface area contributed by atoms with Gasteiger partial charge in [0, 0.05) is 19.6 Å². The van der Waals surface area contributed by atoms with Crippen LogP contribution in [0.15, 0.2) is 30.5 Å².